The lowest BCUT2D eigenvalue weighted by molar-refractivity contribution is 0.0404. The largest absolute Gasteiger partial charge is 0.490 e. The van der Waals surface area contributed by atoms with Crippen molar-refractivity contribution in [1.82, 2.24) is 4.90 Å². The van der Waals surface area contributed by atoms with Gasteiger partial charge in [-0.25, -0.2) is 8.42 Å². The Kier molecular flexibility index (Phi) is 7.04. The summed E-state index contributed by atoms with van der Waals surface area (Å²) >= 11 is 0. The van der Waals surface area contributed by atoms with Crippen molar-refractivity contribution < 1.29 is 17.9 Å². The zero-order chi connectivity index (χ0) is 18.4. The van der Waals surface area contributed by atoms with Crippen LogP contribution < -0.4 is 4.74 Å². The van der Waals surface area contributed by atoms with E-state index in [1.54, 1.807) is 24.3 Å². The molecule has 0 aliphatic carbocycles. The van der Waals surface area contributed by atoms with E-state index in [-0.39, 0.29) is 22.0 Å². The third-order valence-electron chi connectivity index (χ3n) is 4.27. The summed E-state index contributed by atoms with van der Waals surface area (Å²) in [6.45, 7) is 12.8. The van der Waals surface area contributed by atoms with E-state index < -0.39 is 9.84 Å². The molecule has 1 aromatic rings. The van der Waals surface area contributed by atoms with Gasteiger partial charge in [-0.2, -0.15) is 0 Å². The monoisotopic (exact) mass is 367 g/mol. The number of nitrogens with zero attached hydrogens (tertiary/aromatic N) is 1. The SMILES string of the molecule is C=C(C)S(=O)(=O)c1cccc(OC2CCN(CCOC(C)C)CC2)c1. The van der Waals surface area contributed by atoms with E-state index in [2.05, 4.69) is 11.5 Å². The van der Waals surface area contributed by atoms with Gasteiger partial charge >= 0.3 is 0 Å². The molecular weight excluding hydrogens is 338 g/mol. The Bertz CT molecular complexity index is 676. The van der Waals surface area contributed by atoms with Gasteiger partial charge in [-0.05, 0) is 51.8 Å². The Morgan fingerprint density at radius 2 is 2.00 bits per heavy atom. The fourth-order valence-corrected chi connectivity index (χ4v) is 3.71. The van der Waals surface area contributed by atoms with Crippen molar-refractivity contribution in [2.75, 3.05) is 26.2 Å². The summed E-state index contributed by atoms with van der Waals surface area (Å²) in [6.07, 6.45) is 2.24. The van der Waals surface area contributed by atoms with Crippen LogP contribution in [0, 0.1) is 0 Å². The Hall–Kier alpha value is -1.37. The van der Waals surface area contributed by atoms with Crippen molar-refractivity contribution in [3.8, 4) is 5.75 Å². The Morgan fingerprint density at radius 1 is 1.32 bits per heavy atom. The molecule has 2 rings (SSSR count). The molecule has 6 heteroatoms. The van der Waals surface area contributed by atoms with Crippen molar-refractivity contribution in [1.29, 1.82) is 0 Å². The molecule has 0 aromatic heterocycles. The number of rotatable bonds is 8. The highest BCUT2D eigenvalue weighted by Gasteiger charge is 2.21. The molecule has 0 radical (unpaired) electrons. The first-order valence-electron chi connectivity index (χ1n) is 8.80. The van der Waals surface area contributed by atoms with Crippen LogP contribution in [0.5, 0.6) is 5.75 Å². The summed E-state index contributed by atoms with van der Waals surface area (Å²) in [6, 6.07) is 6.69. The van der Waals surface area contributed by atoms with E-state index in [1.807, 2.05) is 13.8 Å². The minimum atomic E-state index is -3.46. The van der Waals surface area contributed by atoms with Gasteiger partial charge in [-0.1, -0.05) is 12.6 Å². The van der Waals surface area contributed by atoms with Crippen LogP contribution in [-0.2, 0) is 14.6 Å². The van der Waals surface area contributed by atoms with Gasteiger partial charge in [0.15, 0.2) is 0 Å². The van der Waals surface area contributed by atoms with Gasteiger partial charge in [-0.15, -0.1) is 0 Å². The van der Waals surface area contributed by atoms with Crippen molar-refractivity contribution in [3.63, 3.8) is 0 Å². The van der Waals surface area contributed by atoms with Crippen LogP contribution in [0.2, 0.25) is 0 Å². The second-order valence-corrected chi connectivity index (χ2v) is 8.93. The van der Waals surface area contributed by atoms with Crippen LogP contribution >= 0.6 is 0 Å². The summed E-state index contributed by atoms with van der Waals surface area (Å²) in [5.74, 6) is 0.601. The fourth-order valence-electron chi connectivity index (χ4n) is 2.78. The smallest absolute Gasteiger partial charge is 0.202 e. The molecule has 1 fully saturated rings. The Morgan fingerprint density at radius 3 is 2.60 bits per heavy atom. The van der Waals surface area contributed by atoms with Crippen molar-refractivity contribution in [3.05, 3.63) is 35.7 Å². The van der Waals surface area contributed by atoms with E-state index in [1.165, 1.54) is 6.92 Å². The summed E-state index contributed by atoms with van der Waals surface area (Å²) in [4.78, 5) is 2.76. The number of likely N-dealkylation sites (tertiary alicyclic amines) is 1. The summed E-state index contributed by atoms with van der Waals surface area (Å²) < 4.78 is 36.0. The van der Waals surface area contributed by atoms with E-state index >= 15 is 0 Å². The molecule has 0 amide bonds. The molecule has 140 valence electrons. The summed E-state index contributed by atoms with van der Waals surface area (Å²) in [5.41, 5.74) is 0. The van der Waals surface area contributed by atoms with Crippen LogP contribution in [0.15, 0.2) is 40.6 Å². The first-order valence-corrected chi connectivity index (χ1v) is 10.3. The van der Waals surface area contributed by atoms with E-state index in [0.29, 0.717) is 5.75 Å². The predicted molar refractivity (Wildman–Crippen MR) is 99.6 cm³/mol. The second kappa shape index (κ2) is 8.83. The number of piperidine rings is 1. The van der Waals surface area contributed by atoms with Crippen LogP contribution in [0.3, 0.4) is 0 Å². The highest BCUT2D eigenvalue weighted by Crippen LogP contribution is 2.24. The zero-order valence-corrected chi connectivity index (χ0v) is 16.2. The normalized spacial score (nSPS) is 17.0. The maximum Gasteiger partial charge on any atom is 0.202 e. The third-order valence-corrected chi connectivity index (χ3v) is 6.06. The molecule has 1 heterocycles. The number of sulfone groups is 1. The maximum atomic E-state index is 12.2. The molecule has 5 nitrogen and oxygen atoms in total. The number of hydrogen-bond donors (Lipinski definition) is 0. The molecule has 0 N–H and O–H groups in total. The first kappa shape index (κ1) is 19.9. The van der Waals surface area contributed by atoms with Crippen LogP contribution in [0.25, 0.3) is 0 Å². The molecule has 0 unspecified atom stereocenters. The van der Waals surface area contributed by atoms with Crippen LogP contribution in [0.4, 0.5) is 0 Å². The van der Waals surface area contributed by atoms with Crippen LogP contribution in [-0.4, -0.2) is 51.8 Å². The topological polar surface area (TPSA) is 55.8 Å². The van der Waals surface area contributed by atoms with Gasteiger partial charge < -0.3 is 14.4 Å². The lowest BCUT2D eigenvalue weighted by Crippen LogP contribution is -2.40. The fraction of sp³-hybridized carbons (Fsp3) is 0.579. The molecule has 1 saturated heterocycles. The number of ether oxygens (including phenoxy) is 2. The molecule has 0 bridgehead atoms. The highest BCUT2D eigenvalue weighted by molar-refractivity contribution is 7.95. The molecule has 0 atom stereocenters. The van der Waals surface area contributed by atoms with Crippen molar-refractivity contribution in [2.24, 2.45) is 0 Å². The van der Waals surface area contributed by atoms with Crippen molar-refractivity contribution in [2.45, 2.75) is 50.7 Å². The standard InChI is InChI=1S/C19H29NO4S/c1-15(2)23-13-12-20-10-8-17(9-11-20)24-18-6-5-7-19(14-18)25(21,22)16(3)4/h5-7,14-15,17H,3,8-13H2,1-2,4H3. The quantitative estimate of drug-likeness (QED) is 0.706. The van der Waals surface area contributed by atoms with Crippen LogP contribution in [0.1, 0.15) is 33.6 Å². The minimum Gasteiger partial charge on any atom is -0.490 e. The van der Waals surface area contributed by atoms with Gasteiger partial charge in [0.2, 0.25) is 9.84 Å². The summed E-state index contributed by atoms with van der Waals surface area (Å²) in [5, 5.41) is 0. The van der Waals surface area contributed by atoms with Gasteiger partial charge in [0.1, 0.15) is 11.9 Å². The number of benzene rings is 1. The molecule has 1 aromatic carbocycles. The van der Waals surface area contributed by atoms with Gasteiger partial charge in [0.25, 0.3) is 0 Å². The average molecular weight is 368 g/mol. The lowest BCUT2D eigenvalue weighted by Gasteiger charge is -2.32. The minimum absolute atomic E-state index is 0.116. The van der Waals surface area contributed by atoms with E-state index in [0.717, 1.165) is 39.1 Å². The Labute approximate surface area is 151 Å². The average Bonchev–Trinajstić information content (AvgIpc) is 2.56. The number of hydrogen-bond acceptors (Lipinski definition) is 5. The van der Waals surface area contributed by atoms with E-state index in [4.69, 9.17) is 9.47 Å². The van der Waals surface area contributed by atoms with Gasteiger partial charge in [-0.3, -0.25) is 0 Å². The van der Waals surface area contributed by atoms with E-state index in [9.17, 15) is 8.42 Å². The molecule has 0 spiro atoms. The highest BCUT2D eigenvalue weighted by atomic mass is 32.2. The van der Waals surface area contributed by atoms with Gasteiger partial charge in [0.05, 0.1) is 17.6 Å². The first-order chi connectivity index (χ1) is 11.8. The van der Waals surface area contributed by atoms with Gasteiger partial charge in [0, 0.05) is 24.5 Å². The third kappa shape index (κ3) is 5.83. The summed E-state index contributed by atoms with van der Waals surface area (Å²) in [7, 11) is -3.46. The molecule has 0 saturated carbocycles. The lowest BCUT2D eigenvalue weighted by atomic mass is 10.1. The molecule has 1 aliphatic heterocycles. The maximum absolute atomic E-state index is 12.2. The number of allylic oxidation sites excluding steroid dienone is 1. The zero-order valence-electron chi connectivity index (χ0n) is 15.4. The molecule has 25 heavy (non-hydrogen) atoms. The second-order valence-electron chi connectivity index (χ2n) is 6.76. The molecule has 1 aliphatic rings. The predicted octanol–water partition coefficient (Wildman–Crippen LogP) is 3.26. The molecular formula is C19H29NO4S. The Balaban J connectivity index is 1.87. The van der Waals surface area contributed by atoms with Crippen molar-refractivity contribution >= 4 is 9.84 Å².